The van der Waals surface area contributed by atoms with Crippen molar-refractivity contribution < 1.29 is 0 Å². The van der Waals surface area contributed by atoms with Crippen molar-refractivity contribution in [1.29, 1.82) is 0 Å². The lowest BCUT2D eigenvalue weighted by Crippen LogP contribution is -1.94. The SMILES string of the molecule is Cc1cccnc1SNc1cncc2cccnc12. The van der Waals surface area contributed by atoms with Gasteiger partial charge >= 0.3 is 0 Å². The Balaban J connectivity index is 1.88. The van der Waals surface area contributed by atoms with Crippen LogP contribution in [0.4, 0.5) is 5.69 Å². The summed E-state index contributed by atoms with van der Waals surface area (Å²) in [4.78, 5) is 12.9. The van der Waals surface area contributed by atoms with Gasteiger partial charge in [0.25, 0.3) is 0 Å². The van der Waals surface area contributed by atoms with Gasteiger partial charge in [0.1, 0.15) is 5.03 Å². The van der Waals surface area contributed by atoms with Crippen molar-refractivity contribution in [1.82, 2.24) is 15.0 Å². The van der Waals surface area contributed by atoms with Crippen LogP contribution in [0.2, 0.25) is 0 Å². The Morgan fingerprint density at radius 3 is 2.79 bits per heavy atom. The van der Waals surface area contributed by atoms with Crippen LogP contribution < -0.4 is 4.72 Å². The van der Waals surface area contributed by atoms with E-state index < -0.39 is 0 Å². The van der Waals surface area contributed by atoms with Crippen molar-refractivity contribution in [3.8, 4) is 0 Å². The van der Waals surface area contributed by atoms with Gasteiger partial charge < -0.3 is 4.72 Å². The zero-order valence-electron chi connectivity index (χ0n) is 10.4. The predicted octanol–water partition coefficient (Wildman–Crippen LogP) is 3.45. The number of aromatic nitrogens is 3. The largest absolute Gasteiger partial charge is 0.321 e. The zero-order chi connectivity index (χ0) is 13.1. The van der Waals surface area contributed by atoms with Crippen molar-refractivity contribution >= 4 is 28.5 Å². The topological polar surface area (TPSA) is 50.7 Å². The molecule has 0 saturated heterocycles. The number of pyridine rings is 3. The average molecular weight is 268 g/mol. The fourth-order valence-corrected chi connectivity index (χ4v) is 2.45. The fraction of sp³-hybridized carbons (Fsp3) is 0.0714. The second-order valence-electron chi connectivity index (χ2n) is 4.09. The van der Waals surface area contributed by atoms with Gasteiger partial charge in [-0.25, -0.2) is 4.98 Å². The van der Waals surface area contributed by atoms with Crippen LogP contribution in [0.1, 0.15) is 5.56 Å². The molecule has 1 N–H and O–H groups in total. The third-order valence-corrected chi connectivity index (χ3v) is 3.67. The smallest absolute Gasteiger partial charge is 0.119 e. The predicted molar refractivity (Wildman–Crippen MR) is 78.0 cm³/mol. The summed E-state index contributed by atoms with van der Waals surface area (Å²) in [5.41, 5.74) is 2.95. The molecule has 4 nitrogen and oxygen atoms in total. The molecule has 0 spiro atoms. The van der Waals surface area contributed by atoms with Gasteiger partial charge in [-0.15, -0.1) is 0 Å². The van der Waals surface area contributed by atoms with E-state index in [1.807, 2.05) is 37.4 Å². The number of hydrogen-bond donors (Lipinski definition) is 1. The molecule has 0 atom stereocenters. The molecule has 0 fully saturated rings. The molecular formula is C14H12N4S. The Labute approximate surface area is 115 Å². The normalized spacial score (nSPS) is 10.6. The van der Waals surface area contributed by atoms with Crippen molar-refractivity contribution in [3.63, 3.8) is 0 Å². The summed E-state index contributed by atoms with van der Waals surface area (Å²) in [5.74, 6) is 0. The van der Waals surface area contributed by atoms with E-state index in [-0.39, 0.29) is 0 Å². The van der Waals surface area contributed by atoms with Gasteiger partial charge in [0.15, 0.2) is 0 Å². The molecule has 0 aromatic carbocycles. The van der Waals surface area contributed by atoms with E-state index in [9.17, 15) is 0 Å². The van der Waals surface area contributed by atoms with Crippen LogP contribution in [0.5, 0.6) is 0 Å². The van der Waals surface area contributed by atoms with Crippen LogP contribution in [0.15, 0.2) is 54.1 Å². The zero-order valence-corrected chi connectivity index (χ0v) is 11.2. The average Bonchev–Trinajstić information content (AvgIpc) is 2.46. The standard InChI is InChI=1S/C14H12N4S/c1-10-4-2-7-17-14(10)19-18-12-9-15-8-11-5-3-6-16-13(11)12/h2-9,18H,1H3. The van der Waals surface area contributed by atoms with E-state index in [1.54, 1.807) is 18.6 Å². The number of aryl methyl sites for hydroxylation is 1. The highest BCUT2D eigenvalue weighted by molar-refractivity contribution is 8.00. The molecule has 0 bridgehead atoms. The summed E-state index contributed by atoms with van der Waals surface area (Å²) in [6.45, 7) is 2.04. The molecule has 0 aliphatic heterocycles. The minimum atomic E-state index is 0.896. The van der Waals surface area contributed by atoms with Gasteiger partial charge in [0.05, 0.1) is 17.4 Å². The van der Waals surface area contributed by atoms with Crippen molar-refractivity contribution in [3.05, 3.63) is 54.6 Å². The summed E-state index contributed by atoms with van der Waals surface area (Å²) in [7, 11) is 0. The molecule has 0 saturated carbocycles. The Hall–Kier alpha value is -2.14. The molecule has 3 aromatic rings. The third-order valence-electron chi connectivity index (χ3n) is 2.73. The van der Waals surface area contributed by atoms with Crippen molar-refractivity contribution in [2.24, 2.45) is 0 Å². The lowest BCUT2D eigenvalue weighted by Gasteiger charge is -2.08. The van der Waals surface area contributed by atoms with Crippen LogP contribution in [0.25, 0.3) is 10.9 Å². The number of nitrogens with zero attached hydrogens (tertiary/aromatic N) is 3. The maximum atomic E-state index is 4.38. The molecule has 3 rings (SSSR count). The first-order valence-corrected chi connectivity index (χ1v) is 6.69. The molecule has 0 aliphatic rings. The lowest BCUT2D eigenvalue weighted by atomic mass is 10.2. The third kappa shape index (κ3) is 2.51. The van der Waals surface area contributed by atoms with Gasteiger partial charge in [-0.05, 0) is 30.7 Å². The molecule has 19 heavy (non-hydrogen) atoms. The van der Waals surface area contributed by atoms with E-state index in [0.29, 0.717) is 0 Å². The molecule has 3 aromatic heterocycles. The summed E-state index contributed by atoms with van der Waals surface area (Å²) >= 11 is 1.47. The Morgan fingerprint density at radius 1 is 1.05 bits per heavy atom. The van der Waals surface area contributed by atoms with Crippen LogP contribution in [0.3, 0.4) is 0 Å². The summed E-state index contributed by atoms with van der Waals surface area (Å²) in [5, 5.41) is 1.97. The summed E-state index contributed by atoms with van der Waals surface area (Å²) in [6.07, 6.45) is 7.16. The maximum Gasteiger partial charge on any atom is 0.119 e. The highest BCUT2D eigenvalue weighted by atomic mass is 32.2. The van der Waals surface area contributed by atoms with Gasteiger partial charge in [-0.3, -0.25) is 9.97 Å². The first kappa shape index (κ1) is 11.9. The number of anilines is 1. The number of fused-ring (bicyclic) bond motifs is 1. The second-order valence-corrected chi connectivity index (χ2v) is 4.89. The van der Waals surface area contributed by atoms with Crippen LogP contribution >= 0.6 is 11.9 Å². The van der Waals surface area contributed by atoms with E-state index in [2.05, 4.69) is 19.7 Å². The van der Waals surface area contributed by atoms with Gasteiger partial charge in [0.2, 0.25) is 0 Å². The van der Waals surface area contributed by atoms with E-state index in [1.165, 1.54) is 11.9 Å². The Bertz CT molecular complexity index is 709. The molecule has 0 unspecified atom stereocenters. The second kappa shape index (κ2) is 5.24. The minimum Gasteiger partial charge on any atom is -0.321 e. The first-order valence-electron chi connectivity index (χ1n) is 5.88. The van der Waals surface area contributed by atoms with Crippen molar-refractivity contribution in [2.45, 2.75) is 11.9 Å². The van der Waals surface area contributed by atoms with Crippen LogP contribution in [-0.4, -0.2) is 15.0 Å². The molecule has 94 valence electrons. The first-order chi connectivity index (χ1) is 9.34. The molecular weight excluding hydrogens is 256 g/mol. The minimum absolute atomic E-state index is 0.896. The molecule has 5 heteroatoms. The molecule has 0 aliphatic carbocycles. The maximum absolute atomic E-state index is 4.38. The van der Waals surface area contributed by atoms with Crippen molar-refractivity contribution in [2.75, 3.05) is 4.72 Å². The molecule has 0 amide bonds. The van der Waals surface area contributed by atoms with E-state index >= 15 is 0 Å². The highest BCUT2D eigenvalue weighted by Crippen LogP contribution is 2.25. The summed E-state index contributed by atoms with van der Waals surface area (Å²) in [6, 6.07) is 7.87. The molecule has 0 radical (unpaired) electrons. The lowest BCUT2D eigenvalue weighted by molar-refractivity contribution is 1.08. The van der Waals surface area contributed by atoms with E-state index in [4.69, 9.17) is 0 Å². The number of nitrogens with one attached hydrogen (secondary N) is 1. The fourth-order valence-electron chi connectivity index (χ4n) is 1.76. The van der Waals surface area contributed by atoms with Gasteiger partial charge in [0, 0.05) is 35.9 Å². The Kier molecular flexibility index (Phi) is 3.29. The van der Waals surface area contributed by atoms with E-state index in [0.717, 1.165) is 27.2 Å². The van der Waals surface area contributed by atoms with Gasteiger partial charge in [-0.2, -0.15) is 0 Å². The highest BCUT2D eigenvalue weighted by Gasteiger charge is 2.04. The van der Waals surface area contributed by atoms with Crippen LogP contribution in [-0.2, 0) is 0 Å². The monoisotopic (exact) mass is 268 g/mol. The Morgan fingerprint density at radius 2 is 1.89 bits per heavy atom. The van der Waals surface area contributed by atoms with Crippen LogP contribution in [0, 0.1) is 6.92 Å². The number of rotatable bonds is 3. The molecule has 3 heterocycles. The quantitative estimate of drug-likeness (QED) is 0.737. The summed E-state index contributed by atoms with van der Waals surface area (Å²) < 4.78 is 3.27. The number of hydrogen-bond acceptors (Lipinski definition) is 5. The van der Waals surface area contributed by atoms with Gasteiger partial charge in [-0.1, -0.05) is 6.07 Å².